The van der Waals surface area contributed by atoms with Crippen LogP contribution in [0.2, 0.25) is 0 Å². The van der Waals surface area contributed by atoms with E-state index in [0.717, 1.165) is 6.40 Å². The Morgan fingerprint density at radius 2 is 1.73 bits per heavy atom. The van der Waals surface area contributed by atoms with Gasteiger partial charge in [-0.05, 0) is 23.1 Å². The van der Waals surface area contributed by atoms with Crippen LogP contribution in [-0.4, -0.2) is 12.3 Å². The minimum Gasteiger partial charge on any atom is -0.428 e. The largest absolute Gasteiger partial charge is 0.428 e. The van der Waals surface area contributed by atoms with Crippen LogP contribution in [0.3, 0.4) is 0 Å². The van der Waals surface area contributed by atoms with Crippen LogP contribution in [0, 0.1) is 10.8 Å². The van der Waals surface area contributed by atoms with Gasteiger partial charge in [0.1, 0.15) is 0 Å². The average Bonchev–Trinajstić information content (AvgIpc) is 2.17. The highest BCUT2D eigenvalue weighted by Gasteiger charge is 2.13. The van der Waals surface area contributed by atoms with E-state index >= 15 is 0 Å². The first-order chi connectivity index (χ1) is 6.95. The Balaban J connectivity index is 2.90. The summed E-state index contributed by atoms with van der Waals surface area (Å²) in [5, 5.41) is 14.2. The molecule has 0 fully saturated rings. The molecule has 0 amide bonds. The SMILES string of the molecule is CC(C)(C)c1ccc(C(=N)OC=N)cc1. The topological polar surface area (TPSA) is 56.9 Å². The number of ether oxygens (including phenoxy) is 1. The molecular weight excluding hydrogens is 188 g/mol. The van der Waals surface area contributed by atoms with Crippen LogP contribution < -0.4 is 0 Å². The molecule has 3 heteroatoms. The molecule has 0 aliphatic rings. The Hall–Kier alpha value is -1.64. The molecule has 80 valence electrons. The van der Waals surface area contributed by atoms with Crippen molar-refractivity contribution in [3.05, 3.63) is 35.4 Å². The molecule has 0 aliphatic heterocycles. The van der Waals surface area contributed by atoms with E-state index in [4.69, 9.17) is 10.8 Å². The van der Waals surface area contributed by atoms with Crippen LogP contribution in [0.5, 0.6) is 0 Å². The number of benzene rings is 1. The molecule has 0 heterocycles. The Morgan fingerprint density at radius 3 is 2.13 bits per heavy atom. The third-order valence-corrected chi connectivity index (χ3v) is 2.19. The second kappa shape index (κ2) is 4.26. The maximum Gasteiger partial charge on any atom is 0.220 e. The van der Waals surface area contributed by atoms with E-state index in [1.165, 1.54) is 5.56 Å². The van der Waals surface area contributed by atoms with Gasteiger partial charge in [-0.1, -0.05) is 32.9 Å². The predicted molar refractivity (Wildman–Crippen MR) is 61.8 cm³/mol. The summed E-state index contributed by atoms with van der Waals surface area (Å²) >= 11 is 0. The molecule has 0 spiro atoms. The minimum absolute atomic E-state index is 0.00505. The Labute approximate surface area is 90.1 Å². The first-order valence-corrected chi connectivity index (χ1v) is 4.80. The molecule has 3 nitrogen and oxygen atoms in total. The summed E-state index contributed by atoms with van der Waals surface area (Å²) < 4.78 is 4.68. The lowest BCUT2D eigenvalue weighted by molar-refractivity contribution is 0.560. The summed E-state index contributed by atoms with van der Waals surface area (Å²) in [5.74, 6) is 0.00505. The lowest BCUT2D eigenvalue weighted by Crippen LogP contribution is -2.11. The van der Waals surface area contributed by atoms with Crippen molar-refractivity contribution < 1.29 is 4.74 Å². The van der Waals surface area contributed by atoms with Crippen LogP contribution >= 0.6 is 0 Å². The minimum atomic E-state index is 0.00505. The van der Waals surface area contributed by atoms with Gasteiger partial charge in [-0.2, -0.15) is 0 Å². The molecule has 0 aromatic heterocycles. The summed E-state index contributed by atoms with van der Waals surface area (Å²) in [4.78, 5) is 0. The maximum atomic E-state index is 7.48. The van der Waals surface area contributed by atoms with Crippen LogP contribution in [0.4, 0.5) is 0 Å². The molecule has 0 saturated carbocycles. The Morgan fingerprint density at radius 1 is 1.20 bits per heavy atom. The summed E-state index contributed by atoms with van der Waals surface area (Å²) in [5.41, 5.74) is 2.02. The smallest absolute Gasteiger partial charge is 0.220 e. The fourth-order valence-electron chi connectivity index (χ4n) is 1.25. The van der Waals surface area contributed by atoms with Crippen molar-refractivity contribution in [3.63, 3.8) is 0 Å². The summed E-state index contributed by atoms with van der Waals surface area (Å²) in [6, 6.07) is 7.65. The van der Waals surface area contributed by atoms with Gasteiger partial charge in [0.25, 0.3) is 0 Å². The van der Waals surface area contributed by atoms with E-state index in [-0.39, 0.29) is 11.3 Å². The van der Waals surface area contributed by atoms with Gasteiger partial charge in [0.2, 0.25) is 5.90 Å². The molecule has 1 aromatic carbocycles. The van der Waals surface area contributed by atoms with E-state index in [1.807, 2.05) is 24.3 Å². The molecule has 1 rings (SSSR count). The fourth-order valence-corrected chi connectivity index (χ4v) is 1.25. The Kier molecular flexibility index (Phi) is 3.24. The van der Waals surface area contributed by atoms with E-state index in [1.54, 1.807) is 0 Å². The van der Waals surface area contributed by atoms with Gasteiger partial charge in [-0.25, -0.2) is 0 Å². The third kappa shape index (κ3) is 2.91. The third-order valence-electron chi connectivity index (χ3n) is 2.19. The van der Waals surface area contributed by atoms with Gasteiger partial charge in [0, 0.05) is 5.56 Å². The standard InChI is InChI=1S/C12H16N2O/c1-12(2,3)10-6-4-9(5-7-10)11(14)15-8-13/h4-8,13-14H,1-3H3. The van der Waals surface area contributed by atoms with Crippen molar-refractivity contribution in [3.8, 4) is 0 Å². The molecule has 0 aliphatic carbocycles. The van der Waals surface area contributed by atoms with Crippen LogP contribution in [0.15, 0.2) is 24.3 Å². The molecule has 0 atom stereocenters. The zero-order valence-electron chi connectivity index (χ0n) is 9.29. The average molecular weight is 204 g/mol. The van der Waals surface area contributed by atoms with E-state index in [2.05, 4.69) is 25.5 Å². The highest BCUT2D eigenvalue weighted by Crippen LogP contribution is 2.22. The van der Waals surface area contributed by atoms with Gasteiger partial charge < -0.3 is 4.74 Å². The number of hydrogen-bond donors (Lipinski definition) is 2. The zero-order valence-corrected chi connectivity index (χ0v) is 9.29. The lowest BCUT2D eigenvalue weighted by atomic mass is 9.87. The van der Waals surface area contributed by atoms with E-state index in [9.17, 15) is 0 Å². The molecule has 2 N–H and O–H groups in total. The first-order valence-electron chi connectivity index (χ1n) is 4.80. The molecular formula is C12H16N2O. The first kappa shape index (κ1) is 11.4. The normalized spacial score (nSPS) is 10.9. The van der Waals surface area contributed by atoms with Crippen molar-refractivity contribution in [2.24, 2.45) is 0 Å². The highest BCUT2D eigenvalue weighted by atomic mass is 16.5. The van der Waals surface area contributed by atoms with Gasteiger partial charge in [-0.3, -0.25) is 10.8 Å². The number of hydrogen-bond acceptors (Lipinski definition) is 3. The summed E-state index contributed by atoms with van der Waals surface area (Å²) in [6.07, 6.45) is 0.764. The van der Waals surface area contributed by atoms with Crippen LogP contribution in [0.1, 0.15) is 31.9 Å². The monoisotopic (exact) mass is 204 g/mol. The second-order valence-electron chi connectivity index (χ2n) is 4.39. The van der Waals surface area contributed by atoms with E-state index < -0.39 is 0 Å². The molecule has 0 unspecified atom stereocenters. The van der Waals surface area contributed by atoms with Gasteiger partial charge in [-0.15, -0.1) is 0 Å². The quantitative estimate of drug-likeness (QED) is 0.564. The highest BCUT2D eigenvalue weighted by molar-refractivity contribution is 5.95. The predicted octanol–water partition coefficient (Wildman–Crippen LogP) is 2.93. The Bertz CT molecular complexity index is 360. The summed E-state index contributed by atoms with van der Waals surface area (Å²) in [7, 11) is 0. The molecule has 0 bridgehead atoms. The van der Waals surface area contributed by atoms with Crippen LogP contribution in [0.25, 0.3) is 0 Å². The fraction of sp³-hybridized carbons (Fsp3) is 0.333. The molecule has 15 heavy (non-hydrogen) atoms. The zero-order chi connectivity index (χ0) is 11.5. The second-order valence-corrected chi connectivity index (χ2v) is 4.39. The van der Waals surface area contributed by atoms with E-state index in [0.29, 0.717) is 5.56 Å². The summed E-state index contributed by atoms with van der Waals surface area (Å²) in [6.45, 7) is 6.42. The van der Waals surface area contributed by atoms with Crippen molar-refractivity contribution in [1.29, 1.82) is 10.8 Å². The molecule has 0 saturated heterocycles. The maximum absolute atomic E-state index is 7.48. The molecule has 0 radical (unpaired) electrons. The molecule has 1 aromatic rings. The van der Waals surface area contributed by atoms with Crippen molar-refractivity contribution in [1.82, 2.24) is 0 Å². The van der Waals surface area contributed by atoms with Gasteiger partial charge >= 0.3 is 0 Å². The van der Waals surface area contributed by atoms with Crippen LogP contribution in [-0.2, 0) is 10.2 Å². The van der Waals surface area contributed by atoms with Gasteiger partial charge in [0.15, 0.2) is 6.40 Å². The lowest BCUT2D eigenvalue weighted by Gasteiger charge is -2.19. The van der Waals surface area contributed by atoms with Crippen molar-refractivity contribution >= 4 is 12.3 Å². The van der Waals surface area contributed by atoms with Gasteiger partial charge in [0.05, 0.1) is 0 Å². The van der Waals surface area contributed by atoms with Crippen molar-refractivity contribution in [2.45, 2.75) is 26.2 Å². The number of rotatable bonds is 2. The van der Waals surface area contributed by atoms with Crippen molar-refractivity contribution in [2.75, 3.05) is 0 Å². The number of nitrogens with one attached hydrogen (secondary N) is 2.